The lowest BCUT2D eigenvalue weighted by Crippen LogP contribution is -2.39. The number of rotatable bonds is 2. The largest absolute Gasteiger partial charge is 0.296 e. The van der Waals surface area contributed by atoms with E-state index in [0.717, 1.165) is 29.8 Å². The molecule has 0 aromatic carbocycles. The number of halogens is 2. The van der Waals surface area contributed by atoms with Crippen LogP contribution in [0.1, 0.15) is 19.0 Å². The Hall–Kier alpha value is -0.120. The molecule has 88 valence electrons. The summed E-state index contributed by atoms with van der Waals surface area (Å²) < 4.78 is 1.03. The highest BCUT2D eigenvalue weighted by molar-refractivity contribution is 9.10. The van der Waals surface area contributed by atoms with E-state index < -0.39 is 0 Å². The van der Waals surface area contributed by atoms with Gasteiger partial charge >= 0.3 is 0 Å². The number of hydrogen-bond donors (Lipinski definition) is 0. The van der Waals surface area contributed by atoms with E-state index in [9.17, 15) is 0 Å². The van der Waals surface area contributed by atoms with E-state index in [4.69, 9.17) is 11.6 Å². The lowest BCUT2D eigenvalue weighted by atomic mass is 9.98. The average molecular weight is 304 g/mol. The van der Waals surface area contributed by atoms with Gasteiger partial charge in [0.25, 0.3) is 0 Å². The summed E-state index contributed by atoms with van der Waals surface area (Å²) in [7, 11) is 0. The first-order valence-electron chi connectivity index (χ1n) is 5.62. The normalized spacial score (nSPS) is 26.9. The Morgan fingerprint density at radius 3 is 3.00 bits per heavy atom. The first kappa shape index (κ1) is 12.3. The molecule has 2 unspecified atom stereocenters. The van der Waals surface area contributed by atoms with E-state index in [0.29, 0.717) is 5.92 Å². The predicted molar refractivity (Wildman–Crippen MR) is 70.6 cm³/mol. The smallest absolute Gasteiger partial charge is 0.0544 e. The zero-order valence-corrected chi connectivity index (χ0v) is 11.7. The number of piperidine rings is 1. The number of nitrogens with zero attached hydrogens (tertiary/aromatic N) is 2. The fraction of sp³-hybridized carbons (Fsp3) is 0.583. The van der Waals surface area contributed by atoms with Crippen LogP contribution in [0.25, 0.3) is 0 Å². The van der Waals surface area contributed by atoms with Crippen molar-refractivity contribution in [2.75, 3.05) is 13.1 Å². The zero-order valence-electron chi connectivity index (χ0n) is 9.37. The summed E-state index contributed by atoms with van der Waals surface area (Å²) in [5.74, 6) is 0.635. The van der Waals surface area contributed by atoms with Crippen LogP contribution in [-0.4, -0.2) is 28.4 Å². The molecule has 0 radical (unpaired) electrons. The second-order valence-electron chi connectivity index (χ2n) is 4.48. The number of hydrogen-bond acceptors (Lipinski definition) is 2. The van der Waals surface area contributed by atoms with Crippen LogP contribution in [0, 0.1) is 5.92 Å². The topological polar surface area (TPSA) is 16.1 Å². The van der Waals surface area contributed by atoms with Crippen molar-refractivity contribution in [3.05, 3.63) is 28.5 Å². The molecule has 2 atom stereocenters. The number of aromatic nitrogens is 1. The van der Waals surface area contributed by atoms with E-state index in [1.807, 2.05) is 12.3 Å². The highest BCUT2D eigenvalue weighted by Crippen LogP contribution is 2.22. The van der Waals surface area contributed by atoms with Gasteiger partial charge in [-0.15, -0.1) is 11.6 Å². The lowest BCUT2D eigenvalue weighted by molar-refractivity contribution is 0.187. The third kappa shape index (κ3) is 3.19. The summed E-state index contributed by atoms with van der Waals surface area (Å²) in [6, 6.07) is 4.10. The molecule has 2 nitrogen and oxygen atoms in total. The standard InChI is InChI=1S/C12H16BrClN2/c1-9-4-5-16(8-12(9)14)7-11-3-2-10(13)6-15-11/h2-3,6,9,12H,4-5,7-8H2,1H3. The molecule has 0 saturated carbocycles. The molecular weight excluding hydrogens is 288 g/mol. The van der Waals surface area contributed by atoms with Crippen LogP contribution < -0.4 is 0 Å². The van der Waals surface area contributed by atoms with Gasteiger partial charge in [0.15, 0.2) is 0 Å². The highest BCUT2D eigenvalue weighted by atomic mass is 79.9. The van der Waals surface area contributed by atoms with Crippen molar-refractivity contribution in [3.63, 3.8) is 0 Å². The molecule has 0 aliphatic carbocycles. The molecule has 0 bridgehead atoms. The zero-order chi connectivity index (χ0) is 11.5. The van der Waals surface area contributed by atoms with Crippen LogP contribution in [0.2, 0.25) is 0 Å². The molecule has 2 heterocycles. The molecule has 2 rings (SSSR count). The average Bonchev–Trinajstić information content (AvgIpc) is 2.27. The predicted octanol–water partition coefficient (Wildman–Crippen LogP) is 3.29. The van der Waals surface area contributed by atoms with Crippen molar-refractivity contribution in [3.8, 4) is 0 Å². The maximum atomic E-state index is 6.28. The van der Waals surface area contributed by atoms with Crippen molar-refractivity contribution in [1.82, 2.24) is 9.88 Å². The van der Waals surface area contributed by atoms with Gasteiger partial charge in [0.05, 0.1) is 5.69 Å². The van der Waals surface area contributed by atoms with Crippen molar-refractivity contribution in [2.45, 2.75) is 25.3 Å². The van der Waals surface area contributed by atoms with E-state index in [-0.39, 0.29) is 5.38 Å². The van der Waals surface area contributed by atoms with Gasteiger partial charge in [-0.2, -0.15) is 0 Å². The summed E-state index contributed by atoms with van der Waals surface area (Å²) in [5, 5.41) is 0.282. The number of alkyl halides is 1. The molecule has 4 heteroatoms. The Morgan fingerprint density at radius 2 is 2.38 bits per heavy atom. The summed E-state index contributed by atoms with van der Waals surface area (Å²) >= 11 is 9.67. The third-order valence-electron chi connectivity index (χ3n) is 3.12. The lowest BCUT2D eigenvalue weighted by Gasteiger charge is -2.33. The minimum Gasteiger partial charge on any atom is -0.296 e. The third-order valence-corrected chi connectivity index (χ3v) is 4.16. The Balaban J connectivity index is 1.93. The van der Waals surface area contributed by atoms with Crippen LogP contribution >= 0.6 is 27.5 Å². The Morgan fingerprint density at radius 1 is 1.56 bits per heavy atom. The van der Waals surface area contributed by atoms with Gasteiger partial charge in [-0.25, -0.2) is 0 Å². The summed E-state index contributed by atoms with van der Waals surface area (Å²) in [6.45, 7) is 5.23. The van der Waals surface area contributed by atoms with Crippen molar-refractivity contribution in [1.29, 1.82) is 0 Å². The van der Waals surface area contributed by atoms with Crippen LogP contribution in [0.15, 0.2) is 22.8 Å². The monoisotopic (exact) mass is 302 g/mol. The highest BCUT2D eigenvalue weighted by Gasteiger charge is 2.24. The minimum absolute atomic E-state index is 0.282. The van der Waals surface area contributed by atoms with Gasteiger partial charge in [0.2, 0.25) is 0 Å². The minimum atomic E-state index is 0.282. The Labute approximate surface area is 110 Å². The van der Waals surface area contributed by atoms with Gasteiger partial charge < -0.3 is 0 Å². The maximum Gasteiger partial charge on any atom is 0.0544 e. The first-order chi connectivity index (χ1) is 7.65. The molecule has 1 aromatic rings. The van der Waals surface area contributed by atoms with Crippen LogP contribution in [0.3, 0.4) is 0 Å². The van der Waals surface area contributed by atoms with Crippen LogP contribution in [-0.2, 0) is 6.54 Å². The molecule has 16 heavy (non-hydrogen) atoms. The Kier molecular flexibility index (Phi) is 4.22. The van der Waals surface area contributed by atoms with Gasteiger partial charge in [-0.3, -0.25) is 9.88 Å². The van der Waals surface area contributed by atoms with Crippen LogP contribution in [0.4, 0.5) is 0 Å². The maximum absolute atomic E-state index is 6.28. The fourth-order valence-corrected chi connectivity index (χ4v) is 2.51. The Bertz CT molecular complexity index is 341. The molecule has 1 saturated heterocycles. The summed E-state index contributed by atoms with van der Waals surface area (Å²) in [5.41, 5.74) is 1.11. The number of likely N-dealkylation sites (tertiary alicyclic amines) is 1. The second-order valence-corrected chi connectivity index (χ2v) is 5.96. The molecule has 1 aliphatic heterocycles. The van der Waals surface area contributed by atoms with Crippen LogP contribution in [0.5, 0.6) is 0 Å². The summed E-state index contributed by atoms with van der Waals surface area (Å²) in [6.07, 6.45) is 3.03. The molecule has 1 aliphatic rings. The van der Waals surface area contributed by atoms with Crippen molar-refractivity contribution in [2.24, 2.45) is 5.92 Å². The number of pyridine rings is 1. The van der Waals surface area contributed by atoms with E-state index in [1.165, 1.54) is 6.42 Å². The molecular formula is C12H16BrClN2. The fourth-order valence-electron chi connectivity index (χ4n) is 1.96. The van der Waals surface area contributed by atoms with Gasteiger partial charge in [-0.05, 0) is 46.9 Å². The first-order valence-corrected chi connectivity index (χ1v) is 6.85. The van der Waals surface area contributed by atoms with E-state index >= 15 is 0 Å². The van der Waals surface area contributed by atoms with Crippen molar-refractivity contribution < 1.29 is 0 Å². The van der Waals surface area contributed by atoms with Gasteiger partial charge in [-0.1, -0.05) is 6.92 Å². The SMILES string of the molecule is CC1CCN(Cc2ccc(Br)cn2)CC1Cl. The molecule has 0 amide bonds. The quantitative estimate of drug-likeness (QED) is 0.779. The molecule has 1 fully saturated rings. The van der Waals surface area contributed by atoms with Crippen molar-refractivity contribution >= 4 is 27.5 Å². The summed E-state index contributed by atoms with van der Waals surface area (Å²) in [4.78, 5) is 6.77. The van der Waals surface area contributed by atoms with Gasteiger partial charge in [0.1, 0.15) is 0 Å². The molecule has 0 spiro atoms. The molecule has 0 N–H and O–H groups in total. The van der Waals surface area contributed by atoms with E-state index in [1.54, 1.807) is 0 Å². The molecule has 1 aromatic heterocycles. The van der Waals surface area contributed by atoms with E-state index in [2.05, 4.69) is 38.8 Å². The van der Waals surface area contributed by atoms with Gasteiger partial charge in [0, 0.05) is 29.1 Å². The second kappa shape index (κ2) is 5.48.